The van der Waals surface area contributed by atoms with Gasteiger partial charge in [-0.1, -0.05) is 0 Å². The normalized spacial score (nSPS) is 9.93. The Labute approximate surface area is 87.4 Å². The molecule has 0 amide bonds. The Morgan fingerprint density at radius 3 is 2.73 bits per heavy atom. The van der Waals surface area contributed by atoms with Gasteiger partial charge in [0.1, 0.15) is 0 Å². The molecule has 0 radical (unpaired) electrons. The highest BCUT2D eigenvalue weighted by molar-refractivity contribution is 5.66. The van der Waals surface area contributed by atoms with Crippen molar-refractivity contribution in [3.63, 3.8) is 0 Å². The molecule has 5 nitrogen and oxygen atoms in total. The van der Waals surface area contributed by atoms with E-state index in [4.69, 9.17) is 5.73 Å². The molecule has 0 saturated carbocycles. The van der Waals surface area contributed by atoms with Crippen LogP contribution in [0.3, 0.4) is 0 Å². The minimum absolute atomic E-state index is 0.376. The van der Waals surface area contributed by atoms with Crippen LogP contribution in [0.4, 0.5) is 17.3 Å². The van der Waals surface area contributed by atoms with Gasteiger partial charge in [-0.2, -0.15) is 0 Å². The van der Waals surface area contributed by atoms with Gasteiger partial charge in [0.05, 0.1) is 11.9 Å². The standard InChI is InChI=1S/C10H11N5/c1-7-2-3-12-6-8(7)15-10-9(11)13-4-5-14-10/h2-6H,1H3,(H2,11,13)(H,14,15). The molecule has 0 aliphatic rings. The summed E-state index contributed by atoms with van der Waals surface area (Å²) in [5.41, 5.74) is 7.62. The van der Waals surface area contributed by atoms with Gasteiger partial charge in [-0.25, -0.2) is 9.97 Å². The lowest BCUT2D eigenvalue weighted by Gasteiger charge is -2.08. The van der Waals surface area contributed by atoms with Gasteiger partial charge in [0.2, 0.25) is 0 Å². The smallest absolute Gasteiger partial charge is 0.173 e. The predicted molar refractivity (Wildman–Crippen MR) is 58.7 cm³/mol. The van der Waals surface area contributed by atoms with Crippen LogP contribution < -0.4 is 11.1 Å². The zero-order valence-corrected chi connectivity index (χ0v) is 8.31. The fraction of sp³-hybridized carbons (Fsp3) is 0.100. The molecule has 0 aromatic carbocycles. The van der Waals surface area contributed by atoms with E-state index in [0.717, 1.165) is 11.3 Å². The summed E-state index contributed by atoms with van der Waals surface area (Å²) < 4.78 is 0. The van der Waals surface area contributed by atoms with Gasteiger partial charge in [-0.15, -0.1) is 0 Å². The van der Waals surface area contributed by atoms with Crippen molar-refractivity contribution in [1.29, 1.82) is 0 Å². The summed E-state index contributed by atoms with van der Waals surface area (Å²) in [5.74, 6) is 0.925. The molecular weight excluding hydrogens is 190 g/mol. The number of pyridine rings is 1. The van der Waals surface area contributed by atoms with Crippen LogP contribution in [-0.4, -0.2) is 15.0 Å². The van der Waals surface area contributed by atoms with Crippen molar-refractivity contribution >= 4 is 17.3 Å². The first-order chi connectivity index (χ1) is 7.27. The van der Waals surface area contributed by atoms with Gasteiger partial charge in [-0.3, -0.25) is 4.98 Å². The van der Waals surface area contributed by atoms with E-state index < -0.39 is 0 Å². The minimum Gasteiger partial charge on any atom is -0.381 e. The van der Waals surface area contributed by atoms with Crippen molar-refractivity contribution in [3.05, 3.63) is 36.4 Å². The summed E-state index contributed by atoms with van der Waals surface area (Å²) in [6.45, 7) is 1.98. The van der Waals surface area contributed by atoms with Gasteiger partial charge in [-0.05, 0) is 18.6 Å². The third-order valence-corrected chi connectivity index (χ3v) is 2.02. The molecule has 0 aliphatic carbocycles. The third-order valence-electron chi connectivity index (χ3n) is 2.02. The molecule has 15 heavy (non-hydrogen) atoms. The Balaban J connectivity index is 2.30. The SMILES string of the molecule is Cc1ccncc1Nc1nccnc1N. The molecule has 0 aliphatic heterocycles. The van der Waals surface area contributed by atoms with Crippen LogP contribution in [0, 0.1) is 6.92 Å². The molecule has 0 saturated heterocycles. The quantitative estimate of drug-likeness (QED) is 0.770. The van der Waals surface area contributed by atoms with Gasteiger partial charge < -0.3 is 11.1 Å². The van der Waals surface area contributed by atoms with Crippen molar-refractivity contribution in [1.82, 2.24) is 15.0 Å². The maximum absolute atomic E-state index is 5.66. The number of aromatic nitrogens is 3. The number of aryl methyl sites for hydroxylation is 1. The average molecular weight is 201 g/mol. The summed E-state index contributed by atoms with van der Waals surface area (Å²) in [7, 11) is 0. The molecule has 76 valence electrons. The molecule has 0 spiro atoms. The van der Waals surface area contributed by atoms with Crippen molar-refractivity contribution in [2.75, 3.05) is 11.1 Å². The minimum atomic E-state index is 0.376. The number of hydrogen-bond donors (Lipinski definition) is 2. The van der Waals surface area contributed by atoms with Crippen LogP contribution in [0.5, 0.6) is 0 Å². The lowest BCUT2D eigenvalue weighted by Crippen LogP contribution is -2.02. The molecule has 2 heterocycles. The van der Waals surface area contributed by atoms with E-state index in [1.807, 2.05) is 13.0 Å². The van der Waals surface area contributed by atoms with E-state index >= 15 is 0 Å². The van der Waals surface area contributed by atoms with Gasteiger partial charge in [0.25, 0.3) is 0 Å². The second kappa shape index (κ2) is 3.91. The van der Waals surface area contributed by atoms with E-state index in [1.54, 1.807) is 24.8 Å². The third kappa shape index (κ3) is 2.01. The number of nitrogens with two attached hydrogens (primary N) is 1. The van der Waals surface area contributed by atoms with Crippen molar-refractivity contribution in [2.24, 2.45) is 0 Å². The zero-order valence-electron chi connectivity index (χ0n) is 8.31. The Kier molecular flexibility index (Phi) is 2.45. The maximum atomic E-state index is 5.66. The van der Waals surface area contributed by atoms with Crippen LogP contribution in [0.25, 0.3) is 0 Å². The highest BCUT2D eigenvalue weighted by atomic mass is 15.1. The Hall–Kier alpha value is -2.17. The van der Waals surface area contributed by atoms with Crippen molar-refractivity contribution < 1.29 is 0 Å². The van der Waals surface area contributed by atoms with E-state index in [2.05, 4.69) is 20.3 Å². The molecule has 0 atom stereocenters. The first-order valence-electron chi connectivity index (χ1n) is 4.51. The Morgan fingerprint density at radius 2 is 2.00 bits per heavy atom. The second-order valence-electron chi connectivity index (χ2n) is 3.11. The number of nitrogen functional groups attached to an aromatic ring is 1. The Bertz CT molecular complexity index is 425. The summed E-state index contributed by atoms with van der Waals surface area (Å²) in [4.78, 5) is 12.0. The number of nitrogens with zero attached hydrogens (tertiary/aromatic N) is 3. The molecule has 0 bridgehead atoms. The lowest BCUT2D eigenvalue weighted by molar-refractivity contribution is 1.19. The van der Waals surface area contributed by atoms with Gasteiger partial charge >= 0.3 is 0 Å². The van der Waals surface area contributed by atoms with E-state index in [0.29, 0.717) is 11.6 Å². The number of nitrogens with one attached hydrogen (secondary N) is 1. The molecule has 0 fully saturated rings. The fourth-order valence-corrected chi connectivity index (χ4v) is 1.17. The number of anilines is 3. The molecule has 5 heteroatoms. The highest BCUT2D eigenvalue weighted by Gasteiger charge is 2.02. The van der Waals surface area contributed by atoms with Crippen molar-refractivity contribution in [2.45, 2.75) is 6.92 Å². The van der Waals surface area contributed by atoms with Crippen molar-refractivity contribution in [3.8, 4) is 0 Å². The van der Waals surface area contributed by atoms with Gasteiger partial charge in [0.15, 0.2) is 11.6 Å². The number of rotatable bonds is 2. The lowest BCUT2D eigenvalue weighted by atomic mass is 10.2. The highest BCUT2D eigenvalue weighted by Crippen LogP contribution is 2.19. The van der Waals surface area contributed by atoms with Crippen LogP contribution in [-0.2, 0) is 0 Å². The average Bonchev–Trinajstić information content (AvgIpc) is 2.24. The van der Waals surface area contributed by atoms with Crippen LogP contribution in [0.1, 0.15) is 5.56 Å². The monoisotopic (exact) mass is 201 g/mol. The Morgan fingerprint density at radius 1 is 1.20 bits per heavy atom. The van der Waals surface area contributed by atoms with Gasteiger partial charge in [0, 0.05) is 18.6 Å². The van der Waals surface area contributed by atoms with Crippen LogP contribution in [0.2, 0.25) is 0 Å². The molecule has 3 N–H and O–H groups in total. The predicted octanol–water partition coefficient (Wildman–Crippen LogP) is 1.51. The maximum Gasteiger partial charge on any atom is 0.173 e. The summed E-state index contributed by atoms with van der Waals surface area (Å²) in [6.07, 6.45) is 6.60. The van der Waals surface area contributed by atoms with E-state index in [-0.39, 0.29) is 0 Å². The summed E-state index contributed by atoms with van der Waals surface area (Å²) in [6, 6.07) is 1.91. The molecule has 2 aromatic heterocycles. The number of hydrogen-bond acceptors (Lipinski definition) is 5. The van der Waals surface area contributed by atoms with Crippen LogP contribution in [0.15, 0.2) is 30.9 Å². The van der Waals surface area contributed by atoms with E-state index in [9.17, 15) is 0 Å². The fourth-order valence-electron chi connectivity index (χ4n) is 1.17. The molecular formula is C10H11N5. The molecule has 0 unspecified atom stereocenters. The second-order valence-corrected chi connectivity index (χ2v) is 3.11. The van der Waals surface area contributed by atoms with Crippen LogP contribution >= 0.6 is 0 Å². The van der Waals surface area contributed by atoms with E-state index in [1.165, 1.54) is 0 Å². The first kappa shape index (κ1) is 9.39. The molecule has 2 aromatic rings. The first-order valence-corrected chi connectivity index (χ1v) is 4.51. The topological polar surface area (TPSA) is 76.7 Å². The summed E-state index contributed by atoms with van der Waals surface area (Å²) in [5, 5.41) is 3.08. The summed E-state index contributed by atoms with van der Waals surface area (Å²) >= 11 is 0. The largest absolute Gasteiger partial charge is 0.381 e. The zero-order chi connectivity index (χ0) is 10.7. The molecule has 2 rings (SSSR count).